The molecule has 2 nitrogen and oxygen atoms in total. The van der Waals surface area contributed by atoms with Crippen molar-refractivity contribution < 1.29 is 0 Å². The van der Waals surface area contributed by atoms with Gasteiger partial charge in [-0.3, -0.25) is 0 Å². The molecule has 88 valence electrons. The van der Waals surface area contributed by atoms with Crippen molar-refractivity contribution in [3.8, 4) is 0 Å². The second kappa shape index (κ2) is 5.23. The SMILES string of the molecule is Cc1cccc(CNc2ccc(Br)cc2N)c1. The topological polar surface area (TPSA) is 38.0 Å². The Balaban J connectivity index is 2.07. The molecular weight excluding hydrogens is 276 g/mol. The van der Waals surface area contributed by atoms with E-state index in [4.69, 9.17) is 5.73 Å². The largest absolute Gasteiger partial charge is 0.397 e. The first kappa shape index (κ1) is 12.0. The molecule has 2 rings (SSSR count). The fourth-order valence-electron chi connectivity index (χ4n) is 1.71. The number of nitrogens with one attached hydrogen (secondary N) is 1. The molecule has 0 fully saturated rings. The van der Waals surface area contributed by atoms with Gasteiger partial charge in [0.05, 0.1) is 11.4 Å². The summed E-state index contributed by atoms with van der Waals surface area (Å²) in [5.41, 5.74) is 10.2. The summed E-state index contributed by atoms with van der Waals surface area (Å²) in [4.78, 5) is 0. The summed E-state index contributed by atoms with van der Waals surface area (Å²) in [6, 6.07) is 14.3. The Morgan fingerprint density at radius 1 is 1.18 bits per heavy atom. The van der Waals surface area contributed by atoms with E-state index >= 15 is 0 Å². The molecule has 2 aromatic carbocycles. The number of nitrogens with two attached hydrogens (primary N) is 1. The number of anilines is 2. The summed E-state index contributed by atoms with van der Waals surface area (Å²) in [5, 5.41) is 3.34. The second-order valence-corrected chi connectivity index (χ2v) is 4.99. The third-order valence-electron chi connectivity index (χ3n) is 2.58. The molecule has 0 saturated carbocycles. The van der Waals surface area contributed by atoms with Crippen LogP contribution in [-0.4, -0.2) is 0 Å². The van der Waals surface area contributed by atoms with E-state index in [0.29, 0.717) is 0 Å². The molecule has 0 saturated heterocycles. The fraction of sp³-hybridized carbons (Fsp3) is 0.143. The normalized spacial score (nSPS) is 10.2. The first-order chi connectivity index (χ1) is 8.15. The fourth-order valence-corrected chi connectivity index (χ4v) is 2.09. The predicted molar refractivity (Wildman–Crippen MR) is 77.1 cm³/mol. The van der Waals surface area contributed by atoms with E-state index in [2.05, 4.69) is 52.4 Å². The Morgan fingerprint density at radius 2 is 2.00 bits per heavy atom. The van der Waals surface area contributed by atoms with E-state index in [1.807, 2.05) is 18.2 Å². The van der Waals surface area contributed by atoms with Crippen LogP contribution in [0.2, 0.25) is 0 Å². The first-order valence-corrected chi connectivity index (χ1v) is 6.29. The maximum Gasteiger partial charge on any atom is 0.0577 e. The first-order valence-electron chi connectivity index (χ1n) is 5.49. The lowest BCUT2D eigenvalue weighted by atomic mass is 10.1. The number of rotatable bonds is 3. The van der Waals surface area contributed by atoms with Crippen molar-refractivity contribution in [2.24, 2.45) is 0 Å². The van der Waals surface area contributed by atoms with Gasteiger partial charge in [-0.15, -0.1) is 0 Å². The summed E-state index contributed by atoms with van der Waals surface area (Å²) < 4.78 is 0.996. The minimum absolute atomic E-state index is 0.757. The Labute approximate surface area is 110 Å². The Bertz CT molecular complexity index is 523. The summed E-state index contributed by atoms with van der Waals surface area (Å²) in [6.07, 6.45) is 0. The summed E-state index contributed by atoms with van der Waals surface area (Å²) in [6.45, 7) is 2.88. The van der Waals surface area contributed by atoms with Crippen molar-refractivity contribution >= 4 is 27.3 Å². The van der Waals surface area contributed by atoms with E-state index in [9.17, 15) is 0 Å². The quantitative estimate of drug-likeness (QED) is 0.840. The third-order valence-corrected chi connectivity index (χ3v) is 3.07. The Kier molecular flexibility index (Phi) is 3.69. The van der Waals surface area contributed by atoms with Gasteiger partial charge >= 0.3 is 0 Å². The Morgan fingerprint density at radius 3 is 2.71 bits per heavy atom. The number of hydrogen-bond donors (Lipinski definition) is 2. The van der Waals surface area contributed by atoms with Gasteiger partial charge in [-0.25, -0.2) is 0 Å². The summed E-state index contributed by atoms with van der Waals surface area (Å²) in [7, 11) is 0. The van der Waals surface area contributed by atoms with Crippen LogP contribution in [0.1, 0.15) is 11.1 Å². The number of halogens is 1. The molecule has 2 aromatic rings. The molecule has 0 spiro atoms. The summed E-state index contributed by atoms with van der Waals surface area (Å²) >= 11 is 3.39. The Hall–Kier alpha value is -1.48. The van der Waals surface area contributed by atoms with Crippen LogP contribution >= 0.6 is 15.9 Å². The van der Waals surface area contributed by atoms with Crippen LogP contribution in [-0.2, 0) is 6.54 Å². The van der Waals surface area contributed by atoms with Crippen molar-refractivity contribution in [1.82, 2.24) is 0 Å². The molecule has 0 unspecified atom stereocenters. The van der Waals surface area contributed by atoms with E-state index in [1.165, 1.54) is 11.1 Å². The smallest absolute Gasteiger partial charge is 0.0577 e. The minimum atomic E-state index is 0.757. The van der Waals surface area contributed by atoms with Gasteiger partial charge in [-0.05, 0) is 30.7 Å². The minimum Gasteiger partial charge on any atom is -0.397 e. The lowest BCUT2D eigenvalue weighted by Crippen LogP contribution is -2.02. The highest BCUT2D eigenvalue weighted by Crippen LogP contribution is 2.23. The van der Waals surface area contributed by atoms with Crippen molar-refractivity contribution in [1.29, 1.82) is 0 Å². The van der Waals surface area contributed by atoms with Crippen molar-refractivity contribution in [3.63, 3.8) is 0 Å². The molecule has 0 heterocycles. The molecule has 3 N–H and O–H groups in total. The molecular formula is C14H15BrN2. The van der Waals surface area contributed by atoms with Crippen molar-refractivity contribution in [2.75, 3.05) is 11.1 Å². The van der Waals surface area contributed by atoms with Gasteiger partial charge in [-0.1, -0.05) is 45.8 Å². The van der Waals surface area contributed by atoms with Gasteiger partial charge in [-0.2, -0.15) is 0 Å². The van der Waals surface area contributed by atoms with Crippen LogP contribution in [0.4, 0.5) is 11.4 Å². The number of hydrogen-bond acceptors (Lipinski definition) is 2. The molecule has 0 aromatic heterocycles. The number of nitrogen functional groups attached to an aromatic ring is 1. The molecule has 0 bridgehead atoms. The highest BCUT2D eigenvalue weighted by atomic mass is 79.9. The van der Waals surface area contributed by atoms with E-state index < -0.39 is 0 Å². The van der Waals surface area contributed by atoms with Gasteiger partial charge in [0.2, 0.25) is 0 Å². The number of aryl methyl sites for hydroxylation is 1. The molecule has 0 aliphatic rings. The predicted octanol–water partition coefficient (Wildman–Crippen LogP) is 3.95. The van der Waals surface area contributed by atoms with Crippen LogP contribution in [0, 0.1) is 6.92 Å². The zero-order chi connectivity index (χ0) is 12.3. The van der Waals surface area contributed by atoms with Crippen molar-refractivity contribution in [3.05, 3.63) is 58.1 Å². The highest BCUT2D eigenvalue weighted by molar-refractivity contribution is 9.10. The standard InChI is InChI=1S/C14H15BrN2/c1-10-3-2-4-11(7-10)9-17-14-6-5-12(15)8-13(14)16/h2-8,17H,9,16H2,1H3. The van der Waals surface area contributed by atoms with Crippen LogP contribution in [0.5, 0.6) is 0 Å². The molecule has 0 aliphatic heterocycles. The van der Waals surface area contributed by atoms with Crippen molar-refractivity contribution in [2.45, 2.75) is 13.5 Å². The van der Waals surface area contributed by atoms with Gasteiger partial charge in [0, 0.05) is 11.0 Å². The average Bonchev–Trinajstić information content (AvgIpc) is 2.28. The van der Waals surface area contributed by atoms with Crippen LogP contribution in [0.25, 0.3) is 0 Å². The average molecular weight is 291 g/mol. The van der Waals surface area contributed by atoms with Gasteiger partial charge in [0.25, 0.3) is 0 Å². The lowest BCUT2D eigenvalue weighted by molar-refractivity contribution is 1.14. The number of benzene rings is 2. The maximum atomic E-state index is 5.92. The molecule has 0 radical (unpaired) electrons. The molecule has 17 heavy (non-hydrogen) atoms. The molecule has 0 atom stereocenters. The van der Waals surface area contributed by atoms with E-state index in [-0.39, 0.29) is 0 Å². The molecule has 0 aliphatic carbocycles. The highest BCUT2D eigenvalue weighted by Gasteiger charge is 1.99. The van der Waals surface area contributed by atoms with Gasteiger partial charge < -0.3 is 11.1 Å². The van der Waals surface area contributed by atoms with E-state index in [1.54, 1.807) is 0 Å². The second-order valence-electron chi connectivity index (χ2n) is 4.07. The maximum absolute atomic E-state index is 5.92. The van der Waals surface area contributed by atoms with Gasteiger partial charge in [0.1, 0.15) is 0 Å². The van der Waals surface area contributed by atoms with Crippen LogP contribution in [0.3, 0.4) is 0 Å². The zero-order valence-electron chi connectivity index (χ0n) is 9.70. The lowest BCUT2D eigenvalue weighted by Gasteiger charge is -2.10. The third kappa shape index (κ3) is 3.24. The van der Waals surface area contributed by atoms with E-state index in [0.717, 1.165) is 22.4 Å². The molecule has 0 amide bonds. The van der Waals surface area contributed by atoms with Crippen LogP contribution in [0.15, 0.2) is 46.9 Å². The monoisotopic (exact) mass is 290 g/mol. The van der Waals surface area contributed by atoms with Crippen LogP contribution < -0.4 is 11.1 Å². The molecule has 3 heteroatoms. The van der Waals surface area contributed by atoms with Gasteiger partial charge in [0.15, 0.2) is 0 Å². The summed E-state index contributed by atoms with van der Waals surface area (Å²) in [5.74, 6) is 0. The zero-order valence-corrected chi connectivity index (χ0v) is 11.3.